The molecule has 0 amide bonds. The van der Waals surface area contributed by atoms with Gasteiger partial charge in [0.05, 0.1) is 99.3 Å². The first-order valence-corrected chi connectivity index (χ1v) is 19.9. The fraction of sp³-hybridized carbons (Fsp3) is 0.267. The number of aryl methyl sites for hydroxylation is 2. The number of rotatable bonds is 6. The van der Waals surface area contributed by atoms with E-state index in [1.807, 2.05) is 57.3 Å². The third-order valence-electron chi connectivity index (χ3n) is 10.7. The number of anilines is 4. The van der Waals surface area contributed by atoms with Crippen molar-refractivity contribution in [2.45, 2.75) is 27.7 Å². The molecule has 10 nitrogen and oxygen atoms in total. The van der Waals surface area contributed by atoms with Crippen LogP contribution in [0.3, 0.4) is 0 Å². The van der Waals surface area contributed by atoms with Gasteiger partial charge >= 0.3 is 0 Å². The zero-order valence-corrected chi connectivity index (χ0v) is 34.2. The van der Waals surface area contributed by atoms with Crippen LogP contribution >= 0.6 is 11.6 Å². The van der Waals surface area contributed by atoms with Gasteiger partial charge in [-0.3, -0.25) is 9.97 Å². The number of morpholine rings is 2. The van der Waals surface area contributed by atoms with Crippen molar-refractivity contribution in [2.75, 3.05) is 67.7 Å². The minimum Gasteiger partial charge on any atom is -0.378 e. The Morgan fingerprint density at radius 3 is 1.70 bits per heavy atom. The molecule has 0 bridgehead atoms. The summed E-state index contributed by atoms with van der Waals surface area (Å²) in [5, 5.41) is 4.10. The van der Waals surface area contributed by atoms with Crippen molar-refractivity contribution in [2.24, 2.45) is 0 Å². The van der Waals surface area contributed by atoms with E-state index in [2.05, 4.69) is 35.1 Å². The summed E-state index contributed by atoms with van der Waals surface area (Å²) in [5.41, 5.74) is 8.17. The molecular formula is C45H41ClF4N8O2. The average molecular weight is 837 g/mol. The Morgan fingerprint density at radius 2 is 1.13 bits per heavy atom. The zero-order chi connectivity index (χ0) is 42.1. The molecule has 0 atom stereocenters. The van der Waals surface area contributed by atoms with Crippen LogP contribution in [0.5, 0.6) is 0 Å². The van der Waals surface area contributed by atoms with E-state index < -0.39 is 23.3 Å². The van der Waals surface area contributed by atoms with Crippen LogP contribution in [-0.4, -0.2) is 77.5 Å². The molecular weight excluding hydrogens is 796 g/mol. The minimum absolute atomic E-state index is 0.132. The minimum atomic E-state index is -0.713. The third-order valence-corrected chi connectivity index (χ3v) is 11.2. The first kappa shape index (κ1) is 40.8. The number of hydrogen-bond acceptors (Lipinski definition) is 10. The van der Waals surface area contributed by atoms with Gasteiger partial charge in [0.1, 0.15) is 23.3 Å². The average Bonchev–Trinajstić information content (AvgIpc) is 3.24. The first-order valence-electron chi connectivity index (χ1n) is 19.5. The molecule has 2 fully saturated rings. The monoisotopic (exact) mass is 836 g/mol. The predicted molar refractivity (Wildman–Crippen MR) is 227 cm³/mol. The van der Waals surface area contributed by atoms with Crippen LogP contribution in [0.15, 0.2) is 73.2 Å². The van der Waals surface area contributed by atoms with Gasteiger partial charge in [0.2, 0.25) is 0 Å². The molecule has 60 heavy (non-hydrogen) atoms. The van der Waals surface area contributed by atoms with Gasteiger partial charge in [-0.05, 0) is 62.6 Å². The van der Waals surface area contributed by atoms with Gasteiger partial charge in [0.15, 0.2) is 5.82 Å². The summed E-state index contributed by atoms with van der Waals surface area (Å²) < 4.78 is 68.2. The normalized spacial score (nSPS) is 14.3. The number of pyridine rings is 5. The molecule has 5 aromatic heterocycles. The number of nitrogens with zero attached hydrogens (tertiary/aromatic N) is 7. The van der Waals surface area contributed by atoms with Crippen molar-refractivity contribution >= 4 is 56.3 Å². The fourth-order valence-electron chi connectivity index (χ4n) is 7.55. The Balaban J connectivity index is 0.000000200. The molecule has 0 spiro atoms. The number of aromatic nitrogens is 5. The second-order valence-electron chi connectivity index (χ2n) is 14.6. The van der Waals surface area contributed by atoms with Crippen molar-refractivity contribution < 1.29 is 27.0 Å². The van der Waals surface area contributed by atoms with Gasteiger partial charge < -0.3 is 24.6 Å². The number of fused-ring (bicyclic) bond motifs is 2. The second kappa shape index (κ2) is 17.3. The lowest BCUT2D eigenvalue weighted by Crippen LogP contribution is -2.38. The Hall–Kier alpha value is -5.96. The Bertz CT molecular complexity index is 2750. The van der Waals surface area contributed by atoms with E-state index in [1.165, 1.54) is 12.1 Å². The number of halogens is 5. The third kappa shape index (κ3) is 8.14. The maximum absolute atomic E-state index is 15.4. The van der Waals surface area contributed by atoms with Crippen LogP contribution in [-0.2, 0) is 9.47 Å². The molecule has 2 aliphatic heterocycles. The van der Waals surface area contributed by atoms with Gasteiger partial charge in [-0.15, -0.1) is 0 Å². The first-order chi connectivity index (χ1) is 29.0. The maximum Gasteiger partial charge on any atom is 0.152 e. The summed E-state index contributed by atoms with van der Waals surface area (Å²) >= 11 is 6.26. The van der Waals surface area contributed by atoms with E-state index in [0.717, 1.165) is 53.5 Å². The van der Waals surface area contributed by atoms with Crippen molar-refractivity contribution in [3.8, 4) is 22.8 Å². The molecule has 7 aromatic rings. The van der Waals surface area contributed by atoms with Crippen LogP contribution in [0, 0.1) is 51.0 Å². The van der Waals surface area contributed by atoms with Gasteiger partial charge in [0.25, 0.3) is 0 Å². The van der Waals surface area contributed by atoms with Crippen molar-refractivity contribution in [1.82, 2.24) is 24.9 Å². The molecule has 0 radical (unpaired) electrons. The van der Waals surface area contributed by atoms with Crippen LogP contribution in [0.25, 0.3) is 44.6 Å². The molecule has 15 heteroatoms. The van der Waals surface area contributed by atoms with E-state index in [9.17, 15) is 13.2 Å². The number of ether oxygens (including phenoxy) is 2. The quantitative estimate of drug-likeness (QED) is 0.163. The second-order valence-corrected chi connectivity index (χ2v) is 15.0. The summed E-state index contributed by atoms with van der Waals surface area (Å²) in [6.07, 6.45) is 5.21. The largest absolute Gasteiger partial charge is 0.378 e. The maximum atomic E-state index is 15.4. The topological polar surface area (TPSA) is 101 Å². The van der Waals surface area contributed by atoms with E-state index in [1.54, 1.807) is 19.3 Å². The fourth-order valence-corrected chi connectivity index (χ4v) is 7.82. The van der Waals surface area contributed by atoms with E-state index in [4.69, 9.17) is 26.1 Å². The lowest BCUT2D eigenvalue weighted by molar-refractivity contribution is 0.122. The Labute approximate surface area is 349 Å². The summed E-state index contributed by atoms with van der Waals surface area (Å²) in [5.74, 6) is -2.02. The molecule has 0 aliphatic carbocycles. The van der Waals surface area contributed by atoms with Gasteiger partial charge in [0, 0.05) is 68.4 Å². The molecule has 2 aliphatic rings. The zero-order valence-electron chi connectivity index (χ0n) is 33.4. The van der Waals surface area contributed by atoms with E-state index >= 15 is 4.39 Å². The highest BCUT2D eigenvalue weighted by Gasteiger charge is 2.24. The standard InChI is InChI=1S/C29H30F2N6O2.C16H11ClF2N2/c1-18-4-3-5-32-26(18)28-19(2)27(25-22(31)14-20(30)15-23(25)34-28)35-24-16-21(36-6-10-38-11-7-36)17-33-29(24)37-8-12-39-13-9-37;1-8-4-3-5-20-15(8)16-9(2)14(17)13-11(19)6-10(18)7-12(13)21-16/h3-5,14-17H,6-13H2,1-2H3,(H,34,35);3-7H,1-2H3. The van der Waals surface area contributed by atoms with Gasteiger partial charge in [-0.25, -0.2) is 32.5 Å². The van der Waals surface area contributed by atoms with Crippen LogP contribution in [0.1, 0.15) is 22.3 Å². The number of benzene rings is 2. The van der Waals surface area contributed by atoms with Crippen LogP contribution < -0.4 is 15.1 Å². The molecule has 2 saturated heterocycles. The lowest BCUT2D eigenvalue weighted by atomic mass is 10.0. The molecule has 7 heterocycles. The molecule has 1 N–H and O–H groups in total. The highest BCUT2D eigenvalue weighted by atomic mass is 35.5. The molecule has 0 unspecified atom stereocenters. The summed E-state index contributed by atoms with van der Waals surface area (Å²) in [7, 11) is 0. The van der Waals surface area contributed by atoms with E-state index in [-0.39, 0.29) is 26.8 Å². The Morgan fingerprint density at radius 1 is 0.617 bits per heavy atom. The summed E-state index contributed by atoms with van der Waals surface area (Å²) in [4.78, 5) is 27.1. The van der Waals surface area contributed by atoms with Crippen molar-refractivity contribution in [3.63, 3.8) is 0 Å². The highest BCUT2D eigenvalue weighted by Crippen LogP contribution is 2.40. The number of nitrogens with one attached hydrogen (secondary N) is 1. The van der Waals surface area contributed by atoms with Crippen LogP contribution in [0.4, 0.5) is 40.4 Å². The number of hydrogen-bond donors (Lipinski definition) is 1. The molecule has 0 saturated carbocycles. The smallest absolute Gasteiger partial charge is 0.152 e. The lowest BCUT2D eigenvalue weighted by Gasteiger charge is -2.32. The van der Waals surface area contributed by atoms with Crippen molar-refractivity contribution in [1.29, 1.82) is 0 Å². The van der Waals surface area contributed by atoms with E-state index in [0.29, 0.717) is 79.1 Å². The Kier molecular flexibility index (Phi) is 11.8. The van der Waals surface area contributed by atoms with Crippen molar-refractivity contribution in [3.05, 3.63) is 124 Å². The highest BCUT2D eigenvalue weighted by molar-refractivity contribution is 6.36. The molecule has 308 valence electrons. The molecule has 2 aromatic carbocycles. The van der Waals surface area contributed by atoms with Gasteiger partial charge in [-0.2, -0.15) is 0 Å². The SMILES string of the molecule is Cc1cccnc1-c1nc2cc(F)cc(F)c2c(Cl)c1C.Cc1cccnc1-c1nc2cc(F)cc(F)c2c(Nc2cc(N3CCOCC3)cnc2N2CCOCC2)c1C. The predicted octanol–water partition coefficient (Wildman–Crippen LogP) is 9.85. The molecule has 9 rings (SSSR count). The summed E-state index contributed by atoms with van der Waals surface area (Å²) in [6.45, 7) is 12.8. The van der Waals surface area contributed by atoms with Crippen LogP contribution in [0.2, 0.25) is 5.02 Å². The van der Waals surface area contributed by atoms with Gasteiger partial charge in [-0.1, -0.05) is 23.7 Å². The summed E-state index contributed by atoms with van der Waals surface area (Å²) in [6, 6.07) is 13.7.